The van der Waals surface area contributed by atoms with Crippen LogP contribution in [0.15, 0.2) is 42.5 Å². The van der Waals surface area contributed by atoms with E-state index in [0.29, 0.717) is 29.6 Å². The fraction of sp³-hybridized carbons (Fsp3) is 0.417. The molecule has 160 valence electrons. The number of amides is 2. The number of carbonyl (C=O) groups excluding carboxylic acids is 2. The highest BCUT2D eigenvalue weighted by Gasteiger charge is 2.38. The van der Waals surface area contributed by atoms with Crippen molar-refractivity contribution in [2.75, 3.05) is 30.0 Å². The molecule has 2 aromatic carbocycles. The van der Waals surface area contributed by atoms with Gasteiger partial charge in [-0.2, -0.15) is 0 Å². The Morgan fingerprint density at radius 2 is 2.00 bits per heavy atom. The number of benzene rings is 2. The Morgan fingerprint density at radius 3 is 2.70 bits per heavy atom. The summed E-state index contributed by atoms with van der Waals surface area (Å²) >= 11 is 0. The van der Waals surface area contributed by atoms with Crippen LogP contribution >= 0.6 is 0 Å². The summed E-state index contributed by atoms with van der Waals surface area (Å²) < 4.78 is 11.5. The smallest absolute Gasteiger partial charge is 0.262 e. The van der Waals surface area contributed by atoms with Gasteiger partial charge in [0.15, 0.2) is 6.61 Å². The summed E-state index contributed by atoms with van der Waals surface area (Å²) in [4.78, 5) is 27.2. The summed E-state index contributed by atoms with van der Waals surface area (Å²) in [5, 5.41) is 2.84. The molecule has 6 nitrogen and oxygen atoms in total. The lowest BCUT2D eigenvalue weighted by Gasteiger charge is -2.29. The molecule has 0 spiro atoms. The van der Waals surface area contributed by atoms with Crippen LogP contribution in [0.2, 0.25) is 0 Å². The molecule has 1 heterocycles. The Morgan fingerprint density at radius 1 is 1.23 bits per heavy atom. The highest BCUT2D eigenvalue weighted by Crippen LogP contribution is 2.38. The highest BCUT2D eigenvalue weighted by atomic mass is 16.5. The van der Waals surface area contributed by atoms with Gasteiger partial charge in [-0.25, -0.2) is 0 Å². The number of carbonyl (C=O) groups is 2. The third kappa shape index (κ3) is 5.12. The number of hydrogen-bond donors (Lipinski definition) is 1. The first-order valence-electron chi connectivity index (χ1n) is 10.2. The van der Waals surface area contributed by atoms with E-state index in [9.17, 15) is 9.59 Å². The molecule has 1 aliphatic rings. The second-order valence-corrected chi connectivity index (χ2v) is 8.82. The summed E-state index contributed by atoms with van der Waals surface area (Å²) in [6.45, 7) is 10.7. The van der Waals surface area contributed by atoms with E-state index >= 15 is 0 Å². The zero-order valence-corrected chi connectivity index (χ0v) is 18.3. The fourth-order valence-corrected chi connectivity index (χ4v) is 3.32. The van der Waals surface area contributed by atoms with Gasteiger partial charge in [0.1, 0.15) is 18.1 Å². The Bertz CT molecular complexity index is 937. The van der Waals surface area contributed by atoms with Crippen LogP contribution in [-0.4, -0.2) is 31.6 Å². The van der Waals surface area contributed by atoms with Crippen molar-refractivity contribution in [1.82, 2.24) is 0 Å². The van der Waals surface area contributed by atoms with Gasteiger partial charge in [-0.1, -0.05) is 26.0 Å². The molecule has 0 bridgehead atoms. The van der Waals surface area contributed by atoms with Crippen molar-refractivity contribution in [3.8, 4) is 11.5 Å². The van der Waals surface area contributed by atoms with Crippen molar-refractivity contribution in [3.05, 3.63) is 48.0 Å². The van der Waals surface area contributed by atoms with Gasteiger partial charge in [0.2, 0.25) is 5.91 Å². The average molecular weight is 411 g/mol. The van der Waals surface area contributed by atoms with Gasteiger partial charge in [0, 0.05) is 18.3 Å². The molecular formula is C24H30N2O4. The Balaban J connectivity index is 1.74. The molecule has 2 amide bonds. The molecule has 0 saturated carbocycles. The van der Waals surface area contributed by atoms with Gasteiger partial charge in [-0.3, -0.25) is 9.59 Å². The van der Waals surface area contributed by atoms with Crippen LogP contribution in [0.4, 0.5) is 11.4 Å². The molecule has 3 rings (SSSR count). The van der Waals surface area contributed by atoms with E-state index in [4.69, 9.17) is 9.47 Å². The number of fused-ring (bicyclic) bond motifs is 1. The molecule has 0 saturated heterocycles. The molecule has 1 aliphatic heterocycles. The van der Waals surface area contributed by atoms with Crippen LogP contribution in [-0.2, 0) is 9.59 Å². The molecular weight excluding hydrogens is 380 g/mol. The van der Waals surface area contributed by atoms with Crippen LogP contribution in [0.1, 0.15) is 33.3 Å². The summed E-state index contributed by atoms with van der Waals surface area (Å²) in [5.74, 6) is 1.33. The summed E-state index contributed by atoms with van der Waals surface area (Å²) in [5.41, 5.74) is 1.77. The predicted molar refractivity (Wildman–Crippen MR) is 118 cm³/mol. The minimum atomic E-state index is -0.626. The molecule has 2 aromatic rings. The van der Waals surface area contributed by atoms with Crippen molar-refractivity contribution in [1.29, 1.82) is 0 Å². The number of rotatable bonds is 6. The number of ether oxygens (including phenoxy) is 2. The number of aryl methyl sites for hydroxylation is 1. The van der Waals surface area contributed by atoms with E-state index in [1.165, 1.54) is 0 Å². The zero-order chi connectivity index (χ0) is 21.9. The standard InChI is InChI=1S/C24H30N2O4/c1-16(2)13-26-20-10-9-18(12-21(20)30-15-24(4,5)23(26)28)25-22(27)14-29-19-8-6-7-17(3)11-19/h6-12,16H,13-15H2,1-5H3,(H,25,27). The van der Waals surface area contributed by atoms with Crippen molar-refractivity contribution in [2.45, 2.75) is 34.6 Å². The zero-order valence-electron chi connectivity index (χ0n) is 18.3. The van der Waals surface area contributed by atoms with Crippen LogP contribution in [0.5, 0.6) is 11.5 Å². The maximum atomic E-state index is 13.0. The molecule has 0 aliphatic carbocycles. The Hall–Kier alpha value is -3.02. The Kier molecular flexibility index (Phi) is 6.34. The number of nitrogens with one attached hydrogen (secondary N) is 1. The van der Waals surface area contributed by atoms with Gasteiger partial charge in [0.05, 0.1) is 11.1 Å². The molecule has 0 atom stereocenters. The lowest BCUT2D eigenvalue weighted by atomic mass is 9.92. The second kappa shape index (κ2) is 8.78. The predicted octanol–water partition coefficient (Wildman–Crippen LogP) is 4.42. The number of hydrogen-bond acceptors (Lipinski definition) is 4. The molecule has 0 unspecified atom stereocenters. The van der Waals surface area contributed by atoms with E-state index in [1.54, 1.807) is 17.0 Å². The summed E-state index contributed by atoms with van der Waals surface area (Å²) in [7, 11) is 0. The maximum absolute atomic E-state index is 13.0. The first-order valence-corrected chi connectivity index (χ1v) is 10.2. The van der Waals surface area contributed by atoms with Crippen LogP contribution < -0.4 is 19.7 Å². The van der Waals surface area contributed by atoms with Crippen LogP contribution in [0.25, 0.3) is 0 Å². The molecule has 30 heavy (non-hydrogen) atoms. The van der Waals surface area contributed by atoms with E-state index in [-0.39, 0.29) is 25.0 Å². The SMILES string of the molecule is Cc1cccc(OCC(=O)Nc2ccc3c(c2)OCC(C)(C)C(=O)N3CC(C)C)c1. The van der Waals surface area contributed by atoms with Crippen molar-refractivity contribution in [2.24, 2.45) is 11.3 Å². The molecule has 0 radical (unpaired) electrons. The first-order chi connectivity index (χ1) is 14.2. The largest absolute Gasteiger partial charge is 0.490 e. The molecule has 0 fully saturated rings. The highest BCUT2D eigenvalue weighted by molar-refractivity contribution is 6.00. The molecule has 0 aromatic heterocycles. The quantitative estimate of drug-likeness (QED) is 0.765. The Labute approximate surface area is 178 Å². The number of nitrogens with zero attached hydrogens (tertiary/aromatic N) is 1. The third-order valence-electron chi connectivity index (χ3n) is 4.85. The van der Waals surface area contributed by atoms with Gasteiger partial charge in [-0.05, 0) is 56.5 Å². The topological polar surface area (TPSA) is 67.9 Å². The van der Waals surface area contributed by atoms with Gasteiger partial charge >= 0.3 is 0 Å². The minimum absolute atomic E-state index is 0.0401. The van der Waals surface area contributed by atoms with E-state index in [1.807, 2.05) is 51.1 Å². The summed E-state index contributed by atoms with van der Waals surface area (Å²) in [6, 6.07) is 12.9. The third-order valence-corrected chi connectivity index (χ3v) is 4.85. The van der Waals surface area contributed by atoms with Crippen molar-refractivity contribution >= 4 is 23.2 Å². The van der Waals surface area contributed by atoms with E-state index in [0.717, 1.165) is 11.3 Å². The van der Waals surface area contributed by atoms with Gasteiger partial charge in [0.25, 0.3) is 5.91 Å². The number of anilines is 2. The fourth-order valence-electron chi connectivity index (χ4n) is 3.32. The van der Waals surface area contributed by atoms with Crippen molar-refractivity contribution < 1.29 is 19.1 Å². The lowest BCUT2D eigenvalue weighted by molar-refractivity contribution is -0.127. The normalized spacial score (nSPS) is 15.3. The van der Waals surface area contributed by atoms with Crippen LogP contribution in [0.3, 0.4) is 0 Å². The minimum Gasteiger partial charge on any atom is -0.490 e. The monoisotopic (exact) mass is 410 g/mol. The van der Waals surface area contributed by atoms with Crippen molar-refractivity contribution in [3.63, 3.8) is 0 Å². The van der Waals surface area contributed by atoms with Gasteiger partial charge in [-0.15, -0.1) is 0 Å². The molecule has 6 heteroatoms. The van der Waals surface area contributed by atoms with Crippen LogP contribution in [0, 0.1) is 18.3 Å². The van der Waals surface area contributed by atoms with E-state index < -0.39 is 5.41 Å². The average Bonchev–Trinajstić information content (AvgIpc) is 2.76. The van der Waals surface area contributed by atoms with Gasteiger partial charge < -0.3 is 19.7 Å². The summed E-state index contributed by atoms with van der Waals surface area (Å²) in [6.07, 6.45) is 0. The van der Waals surface area contributed by atoms with E-state index in [2.05, 4.69) is 19.2 Å². The second-order valence-electron chi connectivity index (χ2n) is 8.82. The lowest BCUT2D eigenvalue weighted by Crippen LogP contribution is -2.43. The molecule has 1 N–H and O–H groups in total. The first kappa shape index (κ1) is 21.7. The maximum Gasteiger partial charge on any atom is 0.262 e.